The molecule has 1 aliphatic heterocycles. The predicted octanol–water partition coefficient (Wildman–Crippen LogP) is 1.95. The standard InChI is InChI=1S/C14H25N3/c1-16-8-3-4-13(10-16)5-9-17(2)12-14(11-15)6-7-14/h13H,3-10,12H2,1-2H3. The highest BCUT2D eigenvalue weighted by Gasteiger charge is 2.43. The fraction of sp³-hybridized carbons (Fsp3) is 0.929. The number of nitrogens with zero attached hydrogens (tertiary/aromatic N) is 3. The normalized spacial score (nSPS) is 28.0. The lowest BCUT2D eigenvalue weighted by Gasteiger charge is -2.31. The Morgan fingerprint density at radius 3 is 2.82 bits per heavy atom. The van der Waals surface area contributed by atoms with Gasteiger partial charge >= 0.3 is 0 Å². The van der Waals surface area contributed by atoms with E-state index in [1.54, 1.807) is 0 Å². The first-order chi connectivity index (χ1) is 8.13. The van der Waals surface area contributed by atoms with Gasteiger partial charge in [0.1, 0.15) is 0 Å². The molecular formula is C14H25N3. The SMILES string of the molecule is CN1CCCC(CCN(C)CC2(C#N)CC2)C1. The number of piperidine rings is 1. The summed E-state index contributed by atoms with van der Waals surface area (Å²) in [6, 6.07) is 2.48. The molecule has 0 N–H and O–H groups in total. The summed E-state index contributed by atoms with van der Waals surface area (Å²) < 4.78 is 0. The van der Waals surface area contributed by atoms with Gasteiger partial charge in [-0.1, -0.05) is 0 Å². The van der Waals surface area contributed by atoms with Crippen LogP contribution in [-0.2, 0) is 0 Å². The summed E-state index contributed by atoms with van der Waals surface area (Å²) in [7, 11) is 4.40. The first-order valence-electron chi connectivity index (χ1n) is 6.92. The van der Waals surface area contributed by atoms with Crippen LogP contribution in [0.15, 0.2) is 0 Å². The summed E-state index contributed by atoms with van der Waals surface area (Å²) >= 11 is 0. The highest BCUT2D eigenvalue weighted by atomic mass is 15.1. The van der Waals surface area contributed by atoms with E-state index in [0.29, 0.717) is 0 Å². The van der Waals surface area contributed by atoms with E-state index in [0.717, 1.165) is 31.8 Å². The van der Waals surface area contributed by atoms with Crippen molar-refractivity contribution >= 4 is 0 Å². The van der Waals surface area contributed by atoms with Crippen molar-refractivity contribution in [3.63, 3.8) is 0 Å². The molecule has 17 heavy (non-hydrogen) atoms. The van der Waals surface area contributed by atoms with Gasteiger partial charge in [-0.15, -0.1) is 0 Å². The van der Waals surface area contributed by atoms with Crippen LogP contribution in [0.1, 0.15) is 32.1 Å². The Hall–Kier alpha value is -0.590. The molecule has 1 unspecified atom stereocenters. The number of hydrogen-bond donors (Lipinski definition) is 0. The Morgan fingerprint density at radius 2 is 2.24 bits per heavy atom. The Labute approximate surface area is 105 Å². The summed E-state index contributed by atoms with van der Waals surface area (Å²) in [5, 5.41) is 9.07. The van der Waals surface area contributed by atoms with Crippen LogP contribution in [0.25, 0.3) is 0 Å². The van der Waals surface area contributed by atoms with Gasteiger partial charge in [-0.3, -0.25) is 0 Å². The molecule has 96 valence electrons. The van der Waals surface area contributed by atoms with E-state index in [1.165, 1.54) is 32.4 Å². The minimum absolute atomic E-state index is 0.0259. The topological polar surface area (TPSA) is 30.3 Å². The molecule has 1 atom stereocenters. The van der Waals surface area contributed by atoms with Gasteiger partial charge in [-0.25, -0.2) is 0 Å². The monoisotopic (exact) mass is 235 g/mol. The molecule has 1 saturated heterocycles. The van der Waals surface area contributed by atoms with Gasteiger partial charge in [-0.2, -0.15) is 5.26 Å². The lowest BCUT2D eigenvalue weighted by molar-refractivity contribution is 0.181. The van der Waals surface area contributed by atoms with E-state index in [4.69, 9.17) is 5.26 Å². The number of rotatable bonds is 5. The molecule has 3 nitrogen and oxygen atoms in total. The molecule has 1 saturated carbocycles. The lowest BCUT2D eigenvalue weighted by atomic mass is 9.95. The number of likely N-dealkylation sites (tertiary alicyclic amines) is 1. The van der Waals surface area contributed by atoms with Crippen LogP contribution in [0.3, 0.4) is 0 Å². The van der Waals surface area contributed by atoms with Crippen LogP contribution in [-0.4, -0.2) is 50.1 Å². The van der Waals surface area contributed by atoms with Gasteiger partial charge in [0.15, 0.2) is 0 Å². The zero-order chi connectivity index (χ0) is 12.3. The molecule has 0 radical (unpaired) electrons. The van der Waals surface area contributed by atoms with E-state index in [2.05, 4.69) is 30.0 Å². The van der Waals surface area contributed by atoms with Crippen molar-refractivity contribution in [1.29, 1.82) is 5.26 Å². The molecule has 0 bridgehead atoms. The fourth-order valence-corrected chi connectivity index (χ4v) is 2.96. The summed E-state index contributed by atoms with van der Waals surface area (Å²) in [4.78, 5) is 4.82. The third kappa shape index (κ3) is 3.69. The van der Waals surface area contributed by atoms with Crippen molar-refractivity contribution in [2.24, 2.45) is 11.3 Å². The molecular weight excluding hydrogens is 210 g/mol. The second-order valence-corrected chi connectivity index (χ2v) is 6.19. The second-order valence-electron chi connectivity index (χ2n) is 6.19. The summed E-state index contributed by atoms with van der Waals surface area (Å²) in [5.41, 5.74) is 0.0259. The van der Waals surface area contributed by atoms with Crippen LogP contribution < -0.4 is 0 Å². The van der Waals surface area contributed by atoms with Crippen molar-refractivity contribution in [3.05, 3.63) is 0 Å². The predicted molar refractivity (Wildman–Crippen MR) is 69.6 cm³/mol. The molecule has 0 aromatic carbocycles. The average molecular weight is 235 g/mol. The zero-order valence-electron chi connectivity index (χ0n) is 11.3. The van der Waals surface area contributed by atoms with Crippen LogP contribution in [0.2, 0.25) is 0 Å². The maximum atomic E-state index is 9.07. The molecule has 0 aromatic rings. The number of nitriles is 1. The van der Waals surface area contributed by atoms with Crippen LogP contribution in [0.4, 0.5) is 0 Å². The first kappa shape index (κ1) is 12.9. The van der Waals surface area contributed by atoms with Crippen molar-refractivity contribution in [3.8, 4) is 6.07 Å². The van der Waals surface area contributed by atoms with Gasteiger partial charge < -0.3 is 9.80 Å². The quantitative estimate of drug-likeness (QED) is 0.729. The molecule has 1 heterocycles. The van der Waals surface area contributed by atoms with Crippen LogP contribution in [0.5, 0.6) is 0 Å². The molecule has 1 aliphatic carbocycles. The molecule has 2 fully saturated rings. The van der Waals surface area contributed by atoms with Crippen molar-refractivity contribution in [2.75, 3.05) is 40.3 Å². The molecule has 3 heteroatoms. The third-order valence-corrected chi connectivity index (χ3v) is 4.30. The lowest BCUT2D eigenvalue weighted by Crippen LogP contribution is -2.35. The largest absolute Gasteiger partial charge is 0.306 e. The van der Waals surface area contributed by atoms with Gasteiger partial charge in [0.25, 0.3) is 0 Å². The van der Waals surface area contributed by atoms with Crippen molar-refractivity contribution in [1.82, 2.24) is 9.80 Å². The Kier molecular flexibility index (Phi) is 4.06. The van der Waals surface area contributed by atoms with Crippen LogP contribution in [0, 0.1) is 22.7 Å². The zero-order valence-corrected chi connectivity index (χ0v) is 11.3. The minimum atomic E-state index is 0.0259. The van der Waals surface area contributed by atoms with E-state index in [1.807, 2.05) is 0 Å². The average Bonchev–Trinajstić information content (AvgIpc) is 3.07. The fourth-order valence-electron chi connectivity index (χ4n) is 2.96. The number of hydrogen-bond acceptors (Lipinski definition) is 3. The van der Waals surface area contributed by atoms with E-state index >= 15 is 0 Å². The van der Waals surface area contributed by atoms with Gasteiger partial charge in [0, 0.05) is 13.1 Å². The molecule has 2 aliphatic rings. The molecule has 0 aromatic heterocycles. The Morgan fingerprint density at radius 1 is 1.47 bits per heavy atom. The summed E-state index contributed by atoms with van der Waals surface area (Å²) in [6.07, 6.45) is 6.26. The van der Waals surface area contributed by atoms with E-state index < -0.39 is 0 Å². The maximum absolute atomic E-state index is 9.07. The van der Waals surface area contributed by atoms with Crippen molar-refractivity contribution < 1.29 is 0 Å². The van der Waals surface area contributed by atoms with Crippen LogP contribution >= 0.6 is 0 Å². The van der Waals surface area contributed by atoms with E-state index in [9.17, 15) is 0 Å². The van der Waals surface area contributed by atoms with Gasteiger partial charge in [0.2, 0.25) is 0 Å². The third-order valence-electron chi connectivity index (χ3n) is 4.30. The maximum Gasteiger partial charge on any atom is 0.0703 e. The van der Waals surface area contributed by atoms with E-state index in [-0.39, 0.29) is 5.41 Å². The highest BCUT2D eigenvalue weighted by molar-refractivity contribution is 5.11. The molecule has 0 amide bonds. The highest BCUT2D eigenvalue weighted by Crippen LogP contribution is 2.45. The summed E-state index contributed by atoms with van der Waals surface area (Å²) in [6.45, 7) is 4.66. The van der Waals surface area contributed by atoms with Gasteiger partial charge in [0.05, 0.1) is 11.5 Å². The first-order valence-corrected chi connectivity index (χ1v) is 6.92. The van der Waals surface area contributed by atoms with Gasteiger partial charge in [-0.05, 0) is 65.2 Å². The smallest absolute Gasteiger partial charge is 0.0703 e. The summed E-state index contributed by atoms with van der Waals surface area (Å²) in [5.74, 6) is 0.869. The Balaban J connectivity index is 1.66. The second kappa shape index (κ2) is 5.37. The minimum Gasteiger partial charge on any atom is -0.306 e. The van der Waals surface area contributed by atoms with Crippen molar-refractivity contribution in [2.45, 2.75) is 32.1 Å². The molecule has 2 rings (SSSR count). The Bertz CT molecular complexity index is 290. The molecule has 0 spiro atoms.